The van der Waals surface area contributed by atoms with Gasteiger partial charge in [0, 0.05) is 4.90 Å². The number of hydrogen-bond donors (Lipinski definition) is 0. The molecule has 2 aromatic carbocycles. The third-order valence-electron chi connectivity index (χ3n) is 4.46. The van der Waals surface area contributed by atoms with Crippen LogP contribution in [0.4, 0.5) is 10.5 Å². The molecule has 0 saturated carbocycles. The number of aryl methyl sites for hydroxylation is 1. The van der Waals surface area contributed by atoms with E-state index in [1.807, 2.05) is 31.2 Å². The second-order valence-corrected chi connectivity index (χ2v) is 10.8. The second kappa shape index (κ2) is 9.14. The monoisotopic (exact) mass is 419 g/mol. The molecule has 0 aliphatic carbocycles. The van der Waals surface area contributed by atoms with Crippen LogP contribution < -0.4 is 4.31 Å². The molecule has 0 radical (unpaired) electrons. The standard InChI is InChI=1S/C22H29NO3S2/c1-15(2)17-9-8-10-19(14-17)23(21(24)26-7)28(25)27-20-12-11-18(13-16(20)3)22(4,5)6/h8-15H,1-7H3. The van der Waals surface area contributed by atoms with Gasteiger partial charge in [-0.25, -0.2) is 9.00 Å². The van der Waals surface area contributed by atoms with Crippen molar-refractivity contribution in [2.45, 2.75) is 57.8 Å². The quantitative estimate of drug-likeness (QED) is 0.529. The molecule has 28 heavy (non-hydrogen) atoms. The molecule has 2 aromatic rings. The lowest BCUT2D eigenvalue weighted by atomic mass is 9.86. The number of methoxy groups -OCH3 is 1. The second-order valence-electron chi connectivity index (χ2n) is 8.04. The zero-order valence-corrected chi connectivity index (χ0v) is 19.2. The van der Waals surface area contributed by atoms with Crippen LogP contribution in [0.15, 0.2) is 47.4 Å². The molecule has 152 valence electrons. The normalized spacial score (nSPS) is 12.7. The Labute approximate surface area is 174 Å². The van der Waals surface area contributed by atoms with Gasteiger partial charge in [0.2, 0.25) is 0 Å². The van der Waals surface area contributed by atoms with Crippen LogP contribution in [0.3, 0.4) is 0 Å². The fourth-order valence-electron chi connectivity index (χ4n) is 2.67. The molecule has 1 amide bonds. The topological polar surface area (TPSA) is 46.6 Å². The highest BCUT2D eigenvalue weighted by Crippen LogP contribution is 2.34. The number of carbonyl (C=O) groups is 1. The lowest BCUT2D eigenvalue weighted by Crippen LogP contribution is -2.31. The molecule has 0 fully saturated rings. The third-order valence-corrected chi connectivity index (χ3v) is 7.31. The summed E-state index contributed by atoms with van der Waals surface area (Å²) in [6, 6.07) is 13.7. The van der Waals surface area contributed by atoms with Crippen LogP contribution in [0, 0.1) is 6.92 Å². The molecular formula is C22H29NO3S2. The molecule has 0 heterocycles. The lowest BCUT2D eigenvalue weighted by molar-refractivity contribution is 0.183. The Kier molecular flexibility index (Phi) is 7.34. The van der Waals surface area contributed by atoms with Crippen molar-refractivity contribution < 1.29 is 13.7 Å². The van der Waals surface area contributed by atoms with Gasteiger partial charge in [-0.05, 0) is 63.9 Å². The summed E-state index contributed by atoms with van der Waals surface area (Å²) in [5.74, 6) is 0.299. The van der Waals surface area contributed by atoms with Crippen LogP contribution in [0.5, 0.6) is 0 Å². The minimum absolute atomic E-state index is 0.0441. The Hall–Kier alpha value is -1.79. The van der Waals surface area contributed by atoms with Crippen LogP contribution >= 0.6 is 10.8 Å². The Balaban J connectivity index is 2.35. The Morgan fingerprint density at radius 3 is 2.36 bits per heavy atom. The maximum absolute atomic E-state index is 13.1. The van der Waals surface area contributed by atoms with Crippen molar-refractivity contribution in [3.63, 3.8) is 0 Å². The van der Waals surface area contributed by atoms with Gasteiger partial charge in [-0.3, -0.25) is 0 Å². The van der Waals surface area contributed by atoms with E-state index in [2.05, 4.69) is 46.8 Å². The smallest absolute Gasteiger partial charge is 0.426 e. The largest absolute Gasteiger partial charge is 0.452 e. The number of benzene rings is 2. The first-order chi connectivity index (χ1) is 13.0. The summed E-state index contributed by atoms with van der Waals surface area (Å²) < 4.78 is 19.2. The van der Waals surface area contributed by atoms with Crippen molar-refractivity contribution in [3.8, 4) is 0 Å². The van der Waals surface area contributed by atoms with E-state index in [1.165, 1.54) is 17.0 Å². The Morgan fingerprint density at radius 1 is 1.14 bits per heavy atom. The molecule has 1 unspecified atom stereocenters. The molecular weight excluding hydrogens is 390 g/mol. The summed E-state index contributed by atoms with van der Waals surface area (Å²) in [5.41, 5.74) is 3.93. The van der Waals surface area contributed by atoms with Crippen molar-refractivity contribution in [2.75, 3.05) is 11.4 Å². The minimum Gasteiger partial charge on any atom is -0.452 e. The van der Waals surface area contributed by atoms with Crippen LogP contribution in [0.2, 0.25) is 0 Å². The molecule has 0 saturated heterocycles. The lowest BCUT2D eigenvalue weighted by Gasteiger charge is -2.22. The van der Waals surface area contributed by atoms with Gasteiger partial charge < -0.3 is 4.74 Å². The number of anilines is 1. The number of nitrogens with zero attached hydrogens (tertiary/aromatic N) is 1. The number of hydrogen-bond acceptors (Lipinski definition) is 4. The number of amides is 1. The van der Waals surface area contributed by atoms with E-state index in [9.17, 15) is 9.00 Å². The number of rotatable bonds is 5. The summed E-state index contributed by atoms with van der Waals surface area (Å²) in [6.07, 6.45) is -0.643. The Morgan fingerprint density at radius 2 is 1.82 bits per heavy atom. The first-order valence-corrected chi connectivity index (χ1v) is 11.7. The van der Waals surface area contributed by atoms with E-state index < -0.39 is 16.1 Å². The molecule has 2 rings (SSSR count). The zero-order valence-electron chi connectivity index (χ0n) is 17.6. The number of ether oxygens (including phenoxy) is 1. The predicted molar refractivity (Wildman–Crippen MR) is 119 cm³/mol. The summed E-state index contributed by atoms with van der Waals surface area (Å²) in [4.78, 5) is 13.3. The first kappa shape index (κ1) is 22.5. The molecule has 0 spiro atoms. The molecule has 0 aliphatic heterocycles. The number of carbonyl (C=O) groups excluding carboxylic acids is 1. The average Bonchev–Trinajstić information content (AvgIpc) is 2.62. The summed E-state index contributed by atoms with van der Waals surface area (Å²) in [7, 11) is 0.772. The molecule has 4 nitrogen and oxygen atoms in total. The van der Waals surface area contributed by atoms with E-state index in [1.54, 1.807) is 6.07 Å². The average molecular weight is 420 g/mol. The predicted octanol–water partition coefficient (Wildman–Crippen LogP) is 6.36. The van der Waals surface area contributed by atoms with Crippen LogP contribution in [-0.2, 0) is 20.2 Å². The van der Waals surface area contributed by atoms with E-state index >= 15 is 0 Å². The zero-order chi connectivity index (χ0) is 21.1. The SMILES string of the molecule is COC(=O)N(c1cccc(C(C)C)c1)S(=O)Sc1ccc(C(C)(C)C)cc1C. The van der Waals surface area contributed by atoms with Gasteiger partial charge in [0.05, 0.1) is 12.8 Å². The molecule has 6 heteroatoms. The van der Waals surface area contributed by atoms with Crippen molar-refractivity contribution in [1.82, 2.24) is 0 Å². The van der Waals surface area contributed by atoms with Gasteiger partial charge in [-0.15, -0.1) is 0 Å². The van der Waals surface area contributed by atoms with Gasteiger partial charge in [0.1, 0.15) is 0 Å². The van der Waals surface area contributed by atoms with Crippen LogP contribution in [0.1, 0.15) is 57.2 Å². The minimum atomic E-state index is -1.67. The first-order valence-electron chi connectivity index (χ1n) is 9.24. The summed E-state index contributed by atoms with van der Waals surface area (Å²) in [6.45, 7) is 12.6. The van der Waals surface area contributed by atoms with Crippen molar-refractivity contribution in [3.05, 3.63) is 59.2 Å². The van der Waals surface area contributed by atoms with Gasteiger partial charge in [-0.1, -0.05) is 58.9 Å². The summed E-state index contributed by atoms with van der Waals surface area (Å²) in [5, 5.41) is 0. The van der Waals surface area contributed by atoms with E-state index in [0.717, 1.165) is 26.8 Å². The fourth-order valence-corrected chi connectivity index (χ4v) is 5.38. The molecule has 0 N–H and O–H groups in total. The molecule has 0 aromatic heterocycles. The van der Waals surface area contributed by atoms with Crippen LogP contribution in [0.25, 0.3) is 0 Å². The third kappa shape index (κ3) is 5.39. The van der Waals surface area contributed by atoms with E-state index in [-0.39, 0.29) is 5.41 Å². The molecule has 1 atom stereocenters. The maximum atomic E-state index is 13.1. The highest BCUT2D eigenvalue weighted by Gasteiger charge is 2.25. The Bertz CT molecular complexity index is 872. The molecule has 0 bridgehead atoms. The van der Waals surface area contributed by atoms with Crippen LogP contribution in [-0.4, -0.2) is 17.4 Å². The highest BCUT2D eigenvalue weighted by molar-refractivity contribution is 8.69. The van der Waals surface area contributed by atoms with Gasteiger partial charge in [0.15, 0.2) is 10.0 Å². The van der Waals surface area contributed by atoms with E-state index in [0.29, 0.717) is 11.6 Å². The fraction of sp³-hybridized carbons (Fsp3) is 0.409. The summed E-state index contributed by atoms with van der Waals surface area (Å²) >= 11 is 0. The van der Waals surface area contributed by atoms with Gasteiger partial charge in [-0.2, -0.15) is 4.31 Å². The van der Waals surface area contributed by atoms with Gasteiger partial charge >= 0.3 is 6.09 Å². The molecule has 0 aliphatic rings. The van der Waals surface area contributed by atoms with E-state index in [4.69, 9.17) is 4.74 Å². The maximum Gasteiger partial charge on any atom is 0.426 e. The van der Waals surface area contributed by atoms with Crippen molar-refractivity contribution >= 4 is 32.6 Å². The highest BCUT2D eigenvalue weighted by atomic mass is 33.1. The van der Waals surface area contributed by atoms with Gasteiger partial charge in [0.25, 0.3) is 0 Å². The van der Waals surface area contributed by atoms with Crippen molar-refractivity contribution in [1.29, 1.82) is 0 Å². The van der Waals surface area contributed by atoms with Crippen molar-refractivity contribution in [2.24, 2.45) is 0 Å².